The molecule has 3 heteroatoms. The molecule has 70 valence electrons. The van der Waals surface area contributed by atoms with Gasteiger partial charge in [0.05, 0.1) is 5.92 Å². The molecule has 0 unspecified atom stereocenters. The molecule has 3 nitrogen and oxygen atoms in total. The van der Waals surface area contributed by atoms with Crippen LogP contribution in [0.5, 0.6) is 0 Å². The van der Waals surface area contributed by atoms with E-state index in [2.05, 4.69) is 12.2 Å². The van der Waals surface area contributed by atoms with E-state index >= 15 is 0 Å². The second-order valence-electron chi connectivity index (χ2n) is 3.74. The predicted octanol–water partition coefficient (Wildman–Crippen LogP) is 0.939. The Morgan fingerprint density at radius 2 is 2.15 bits per heavy atom. The van der Waals surface area contributed by atoms with Crippen molar-refractivity contribution in [1.29, 1.82) is 0 Å². The fourth-order valence-electron chi connectivity index (χ4n) is 2.35. The molecule has 0 aromatic rings. The summed E-state index contributed by atoms with van der Waals surface area (Å²) >= 11 is 0. The summed E-state index contributed by atoms with van der Waals surface area (Å²) < 4.78 is 5.13. The second-order valence-corrected chi connectivity index (χ2v) is 3.74. The number of carbonyl (C=O) groups excluding carboxylic acids is 2. The highest BCUT2D eigenvalue weighted by Crippen LogP contribution is 2.44. The first-order valence-electron chi connectivity index (χ1n) is 4.53. The van der Waals surface area contributed by atoms with Gasteiger partial charge >= 0.3 is 5.97 Å². The van der Waals surface area contributed by atoms with E-state index in [0.29, 0.717) is 5.92 Å². The Morgan fingerprint density at radius 3 is 2.77 bits per heavy atom. The fraction of sp³-hybridized carbons (Fsp3) is 0.600. The van der Waals surface area contributed by atoms with Crippen molar-refractivity contribution in [2.45, 2.75) is 19.4 Å². The molecule has 13 heavy (non-hydrogen) atoms. The third-order valence-electron chi connectivity index (χ3n) is 2.90. The molecule has 4 atom stereocenters. The molecule has 2 rings (SSSR count). The minimum atomic E-state index is -0.294. The molecular weight excluding hydrogens is 168 g/mol. The predicted molar refractivity (Wildman–Crippen MR) is 45.8 cm³/mol. The Morgan fingerprint density at radius 1 is 1.46 bits per heavy atom. The minimum absolute atomic E-state index is 0.112. The molecule has 0 heterocycles. The quantitative estimate of drug-likeness (QED) is 0.361. The first-order valence-corrected chi connectivity index (χ1v) is 4.53. The van der Waals surface area contributed by atoms with Crippen LogP contribution in [0, 0.1) is 17.8 Å². The van der Waals surface area contributed by atoms with Gasteiger partial charge in [-0.25, -0.2) is 0 Å². The van der Waals surface area contributed by atoms with Gasteiger partial charge in [-0.05, 0) is 12.3 Å². The second kappa shape index (κ2) is 2.98. The lowest BCUT2D eigenvalue weighted by Gasteiger charge is -2.22. The van der Waals surface area contributed by atoms with Gasteiger partial charge in [-0.2, -0.15) is 0 Å². The summed E-state index contributed by atoms with van der Waals surface area (Å²) in [5.41, 5.74) is 0. The van der Waals surface area contributed by atoms with Gasteiger partial charge in [0.1, 0.15) is 12.4 Å². The molecule has 0 radical (unpaired) electrons. The Labute approximate surface area is 76.8 Å². The van der Waals surface area contributed by atoms with Gasteiger partial charge in [-0.1, -0.05) is 12.2 Å². The highest BCUT2D eigenvalue weighted by molar-refractivity contribution is 5.67. The zero-order valence-corrected chi connectivity index (χ0v) is 7.47. The zero-order valence-electron chi connectivity index (χ0n) is 7.47. The van der Waals surface area contributed by atoms with Crippen LogP contribution >= 0.6 is 0 Å². The number of hydrogen-bond acceptors (Lipinski definition) is 3. The van der Waals surface area contributed by atoms with Gasteiger partial charge in [0.25, 0.3) is 0 Å². The lowest BCUT2D eigenvalue weighted by molar-refractivity contribution is -0.150. The van der Waals surface area contributed by atoms with Gasteiger partial charge < -0.3 is 9.53 Å². The highest BCUT2D eigenvalue weighted by Gasteiger charge is 2.46. The van der Waals surface area contributed by atoms with Crippen LogP contribution in [0.25, 0.3) is 0 Å². The molecule has 0 N–H and O–H groups in total. The van der Waals surface area contributed by atoms with Crippen molar-refractivity contribution < 1.29 is 14.3 Å². The van der Waals surface area contributed by atoms with Crippen molar-refractivity contribution in [2.75, 3.05) is 0 Å². The van der Waals surface area contributed by atoms with Crippen LogP contribution in [0.3, 0.4) is 0 Å². The number of hydrogen-bond donors (Lipinski definition) is 0. The summed E-state index contributed by atoms with van der Waals surface area (Å²) in [7, 11) is 0. The summed E-state index contributed by atoms with van der Waals surface area (Å²) in [6, 6.07) is 0. The first-order chi connectivity index (χ1) is 6.22. The molecule has 0 spiro atoms. The van der Waals surface area contributed by atoms with Gasteiger partial charge in [0.2, 0.25) is 0 Å². The van der Waals surface area contributed by atoms with E-state index in [1.54, 1.807) is 0 Å². The molecule has 2 bridgehead atoms. The third kappa shape index (κ3) is 1.28. The van der Waals surface area contributed by atoms with E-state index in [1.807, 2.05) is 0 Å². The molecule has 0 aromatic carbocycles. The SMILES string of the molecule is CC(=O)O[C@@H]1[C@@H](C=O)[C@H]2C=C[C@@H]1C2. The number of fused-ring (bicyclic) bond motifs is 2. The summed E-state index contributed by atoms with van der Waals surface area (Å²) in [6.07, 6.45) is 5.79. The Kier molecular flexibility index (Phi) is 1.94. The number of aldehydes is 1. The van der Waals surface area contributed by atoms with E-state index in [0.717, 1.165) is 12.7 Å². The van der Waals surface area contributed by atoms with Crippen molar-refractivity contribution in [2.24, 2.45) is 17.8 Å². The number of esters is 1. The Hall–Kier alpha value is -1.12. The van der Waals surface area contributed by atoms with Crippen LogP contribution in [0.15, 0.2) is 12.2 Å². The summed E-state index contributed by atoms with van der Waals surface area (Å²) in [5.74, 6) is 0.160. The minimum Gasteiger partial charge on any atom is -0.461 e. The maximum absolute atomic E-state index is 10.8. The fourth-order valence-corrected chi connectivity index (χ4v) is 2.35. The lowest BCUT2D eigenvalue weighted by Crippen LogP contribution is -2.30. The molecule has 1 saturated carbocycles. The highest BCUT2D eigenvalue weighted by atomic mass is 16.5. The number of carbonyl (C=O) groups is 2. The molecule has 0 aromatic heterocycles. The van der Waals surface area contributed by atoms with E-state index in [1.165, 1.54) is 6.92 Å². The van der Waals surface area contributed by atoms with Crippen molar-refractivity contribution >= 4 is 12.3 Å². The van der Waals surface area contributed by atoms with Crippen LogP contribution in [-0.4, -0.2) is 18.4 Å². The summed E-state index contributed by atoms with van der Waals surface area (Å²) in [4.78, 5) is 21.5. The van der Waals surface area contributed by atoms with Crippen LogP contribution in [-0.2, 0) is 14.3 Å². The molecule has 0 aliphatic heterocycles. The van der Waals surface area contributed by atoms with Crippen molar-refractivity contribution in [3.63, 3.8) is 0 Å². The van der Waals surface area contributed by atoms with Crippen molar-refractivity contribution in [3.8, 4) is 0 Å². The van der Waals surface area contributed by atoms with Gasteiger partial charge in [-0.3, -0.25) is 4.79 Å². The van der Waals surface area contributed by atoms with Gasteiger partial charge in [0, 0.05) is 12.8 Å². The average Bonchev–Trinajstić information content (AvgIpc) is 2.62. The van der Waals surface area contributed by atoms with Crippen molar-refractivity contribution in [1.82, 2.24) is 0 Å². The number of rotatable bonds is 2. The standard InChI is InChI=1S/C10H12O3/c1-6(12)13-10-8-3-2-7(4-8)9(10)5-11/h2-3,5,7-10H,4H2,1H3/t7-,8+,9-,10-/m0/s1. The molecule has 0 saturated heterocycles. The van der Waals surface area contributed by atoms with Gasteiger partial charge in [-0.15, -0.1) is 0 Å². The maximum Gasteiger partial charge on any atom is 0.302 e. The number of allylic oxidation sites excluding steroid dienone is 1. The molecule has 1 fully saturated rings. The lowest BCUT2D eigenvalue weighted by atomic mass is 9.92. The third-order valence-corrected chi connectivity index (χ3v) is 2.90. The van der Waals surface area contributed by atoms with Crippen LogP contribution < -0.4 is 0 Å². The zero-order chi connectivity index (χ0) is 9.42. The van der Waals surface area contributed by atoms with Gasteiger partial charge in [0.15, 0.2) is 0 Å². The maximum atomic E-state index is 10.8. The van der Waals surface area contributed by atoms with Crippen LogP contribution in [0.4, 0.5) is 0 Å². The molecule has 2 aliphatic rings. The summed E-state index contributed by atoms with van der Waals surface area (Å²) in [6.45, 7) is 1.39. The van der Waals surface area contributed by atoms with E-state index in [4.69, 9.17) is 4.74 Å². The first kappa shape index (κ1) is 8.48. The smallest absolute Gasteiger partial charge is 0.302 e. The van der Waals surface area contributed by atoms with E-state index < -0.39 is 0 Å². The Bertz CT molecular complexity index is 269. The molecule has 2 aliphatic carbocycles. The monoisotopic (exact) mass is 180 g/mol. The largest absolute Gasteiger partial charge is 0.461 e. The molecule has 0 amide bonds. The van der Waals surface area contributed by atoms with E-state index in [9.17, 15) is 9.59 Å². The average molecular weight is 180 g/mol. The van der Waals surface area contributed by atoms with Crippen molar-refractivity contribution in [3.05, 3.63) is 12.2 Å². The van der Waals surface area contributed by atoms with Crippen LogP contribution in [0.1, 0.15) is 13.3 Å². The Balaban J connectivity index is 2.13. The topological polar surface area (TPSA) is 43.4 Å². The van der Waals surface area contributed by atoms with E-state index in [-0.39, 0.29) is 23.9 Å². The molecular formula is C10H12O3. The van der Waals surface area contributed by atoms with Crippen LogP contribution in [0.2, 0.25) is 0 Å². The number of ether oxygens (including phenoxy) is 1. The normalized spacial score (nSPS) is 40.7. The summed E-state index contributed by atoms with van der Waals surface area (Å²) in [5, 5.41) is 0.